The van der Waals surface area contributed by atoms with Crippen LogP contribution in [0.3, 0.4) is 0 Å². The number of nitrogens with one attached hydrogen (secondary N) is 3. The number of halogens is 1. The van der Waals surface area contributed by atoms with Gasteiger partial charge in [-0.05, 0) is 38.0 Å². The number of hydrogen-bond acceptors (Lipinski definition) is 2. The van der Waals surface area contributed by atoms with Crippen LogP contribution in [0.25, 0.3) is 10.9 Å². The number of H-pyrrole nitrogens is 1. The SMILES string of the molecule is CCN1CC(NC(=O)NCCc2c(C)[nH]c3cccc(Cl)c23)CC1=O. The van der Waals surface area contributed by atoms with E-state index in [2.05, 4.69) is 15.6 Å². The predicted molar refractivity (Wildman–Crippen MR) is 98.9 cm³/mol. The minimum Gasteiger partial charge on any atom is -0.358 e. The molecule has 3 rings (SSSR count). The van der Waals surface area contributed by atoms with Gasteiger partial charge in [-0.1, -0.05) is 17.7 Å². The second-order valence-electron chi connectivity index (χ2n) is 6.37. The van der Waals surface area contributed by atoms with Gasteiger partial charge in [-0.3, -0.25) is 4.79 Å². The molecule has 1 aliphatic heterocycles. The second-order valence-corrected chi connectivity index (χ2v) is 6.78. The molecule has 0 radical (unpaired) electrons. The first kappa shape index (κ1) is 17.6. The van der Waals surface area contributed by atoms with Crippen LogP contribution in [0.1, 0.15) is 24.6 Å². The Morgan fingerprint density at radius 3 is 2.96 bits per heavy atom. The van der Waals surface area contributed by atoms with Gasteiger partial charge in [-0.2, -0.15) is 0 Å². The molecule has 0 bridgehead atoms. The highest BCUT2D eigenvalue weighted by Crippen LogP contribution is 2.29. The monoisotopic (exact) mass is 362 g/mol. The third kappa shape index (κ3) is 3.74. The Hall–Kier alpha value is -2.21. The molecule has 0 spiro atoms. The van der Waals surface area contributed by atoms with Crippen LogP contribution in [0, 0.1) is 6.92 Å². The third-order valence-electron chi connectivity index (χ3n) is 4.68. The van der Waals surface area contributed by atoms with E-state index < -0.39 is 0 Å². The molecule has 7 heteroatoms. The number of amides is 3. The molecule has 0 saturated carbocycles. The topological polar surface area (TPSA) is 77.2 Å². The molecule has 6 nitrogen and oxygen atoms in total. The van der Waals surface area contributed by atoms with Gasteiger partial charge < -0.3 is 20.5 Å². The van der Waals surface area contributed by atoms with Crippen molar-refractivity contribution in [2.45, 2.75) is 32.7 Å². The molecule has 3 N–H and O–H groups in total. The highest BCUT2D eigenvalue weighted by atomic mass is 35.5. The molecular formula is C18H23ClN4O2. The zero-order valence-corrected chi connectivity index (χ0v) is 15.2. The van der Waals surface area contributed by atoms with E-state index in [1.807, 2.05) is 32.0 Å². The lowest BCUT2D eigenvalue weighted by Gasteiger charge is -2.15. The molecule has 2 aromatic rings. The summed E-state index contributed by atoms with van der Waals surface area (Å²) in [6.07, 6.45) is 1.06. The van der Waals surface area contributed by atoms with Crippen LogP contribution in [0.5, 0.6) is 0 Å². The minimum absolute atomic E-state index is 0.0943. The van der Waals surface area contributed by atoms with Gasteiger partial charge in [0, 0.05) is 42.7 Å². The van der Waals surface area contributed by atoms with Gasteiger partial charge in [0.25, 0.3) is 0 Å². The summed E-state index contributed by atoms with van der Waals surface area (Å²) in [6, 6.07) is 5.43. The fourth-order valence-electron chi connectivity index (χ4n) is 3.42. The first-order valence-electron chi connectivity index (χ1n) is 8.57. The smallest absolute Gasteiger partial charge is 0.315 e. The summed E-state index contributed by atoms with van der Waals surface area (Å²) < 4.78 is 0. The van der Waals surface area contributed by atoms with Gasteiger partial charge in [0.1, 0.15) is 0 Å². The number of benzene rings is 1. The summed E-state index contributed by atoms with van der Waals surface area (Å²) in [5.74, 6) is 0.0943. The van der Waals surface area contributed by atoms with Crippen LogP contribution >= 0.6 is 11.6 Å². The maximum atomic E-state index is 12.1. The zero-order chi connectivity index (χ0) is 18.0. The van der Waals surface area contributed by atoms with Gasteiger partial charge in [0.15, 0.2) is 0 Å². The average Bonchev–Trinajstić information content (AvgIpc) is 3.07. The van der Waals surface area contributed by atoms with E-state index in [9.17, 15) is 9.59 Å². The van der Waals surface area contributed by atoms with Crippen LogP contribution in [-0.4, -0.2) is 47.5 Å². The number of nitrogens with zero attached hydrogens (tertiary/aromatic N) is 1. The zero-order valence-electron chi connectivity index (χ0n) is 14.5. The quantitative estimate of drug-likeness (QED) is 0.764. The van der Waals surface area contributed by atoms with Crippen LogP contribution in [0.15, 0.2) is 18.2 Å². The molecule has 1 aromatic heterocycles. The number of urea groups is 1. The van der Waals surface area contributed by atoms with Gasteiger partial charge in [-0.25, -0.2) is 4.79 Å². The summed E-state index contributed by atoms with van der Waals surface area (Å²) in [4.78, 5) is 28.8. The van der Waals surface area contributed by atoms with Crippen molar-refractivity contribution in [3.8, 4) is 0 Å². The first-order chi connectivity index (χ1) is 12.0. The van der Waals surface area contributed by atoms with Crippen molar-refractivity contribution in [2.75, 3.05) is 19.6 Å². The lowest BCUT2D eigenvalue weighted by atomic mass is 10.1. The van der Waals surface area contributed by atoms with Crippen molar-refractivity contribution in [3.63, 3.8) is 0 Å². The van der Waals surface area contributed by atoms with Crippen molar-refractivity contribution in [1.29, 1.82) is 0 Å². The maximum absolute atomic E-state index is 12.1. The van der Waals surface area contributed by atoms with Crippen LogP contribution in [0.2, 0.25) is 5.02 Å². The van der Waals surface area contributed by atoms with Gasteiger partial charge >= 0.3 is 6.03 Å². The number of carbonyl (C=O) groups is 2. The minimum atomic E-state index is -0.237. The van der Waals surface area contributed by atoms with Crippen molar-refractivity contribution >= 4 is 34.4 Å². The number of aromatic nitrogens is 1. The normalized spacial score (nSPS) is 17.3. The van der Waals surface area contributed by atoms with Gasteiger partial charge in [0.05, 0.1) is 11.1 Å². The Kier molecular flexibility index (Phi) is 5.18. The van der Waals surface area contributed by atoms with E-state index in [0.29, 0.717) is 37.5 Å². The second kappa shape index (κ2) is 7.35. The molecule has 0 aliphatic carbocycles. The fraction of sp³-hybridized carbons (Fsp3) is 0.444. The molecule has 1 fully saturated rings. The lowest BCUT2D eigenvalue weighted by Crippen LogP contribution is -2.43. The molecule has 2 heterocycles. The summed E-state index contributed by atoms with van der Waals surface area (Å²) >= 11 is 6.32. The molecular weight excluding hydrogens is 340 g/mol. The highest BCUT2D eigenvalue weighted by Gasteiger charge is 2.29. The van der Waals surface area contributed by atoms with E-state index in [4.69, 9.17) is 11.6 Å². The molecule has 25 heavy (non-hydrogen) atoms. The van der Waals surface area contributed by atoms with E-state index in [1.165, 1.54) is 0 Å². The molecule has 1 aliphatic rings. The number of fused-ring (bicyclic) bond motifs is 1. The standard InChI is InChI=1S/C18H23ClN4O2/c1-3-23-10-12(9-16(23)24)22-18(25)20-8-7-13-11(2)21-15-6-4-5-14(19)17(13)15/h4-6,12,21H,3,7-10H2,1-2H3,(H2,20,22,25). The average molecular weight is 363 g/mol. The molecule has 1 unspecified atom stereocenters. The van der Waals surface area contributed by atoms with Gasteiger partial charge in [0.2, 0.25) is 5.91 Å². The number of likely N-dealkylation sites (tertiary alicyclic amines) is 1. The molecule has 1 aromatic carbocycles. The predicted octanol–water partition coefficient (Wildman–Crippen LogP) is 2.59. The van der Waals surface area contributed by atoms with Crippen molar-refractivity contribution in [3.05, 3.63) is 34.5 Å². The molecule has 1 atom stereocenters. The highest BCUT2D eigenvalue weighted by molar-refractivity contribution is 6.35. The number of aromatic amines is 1. The van der Waals surface area contributed by atoms with Crippen LogP contribution < -0.4 is 10.6 Å². The molecule has 3 amide bonds. The number of likely N-dealkylation sites (N-methyl/N-ethyl adjacent to an activating group) is 1. The Morgan fingerprint density at radius 2 is 2.24 bits per heavy atom. The first-order valence-corrected chi connectivity index (χ1v) is 8.95. The number of aryl methyl sites for hydroxylation is 1. The van der Waals surface area contributed by atoms with E-state index in [1.54, 1.807) is 4.90 Å². The van der Waals surface area contributed by atoms with Crippen LogP contribution in [0.4, 0.5) is 4.79 Å². The summed E-state index contributed by atoms with van der Waals surface area (Å²) in [5, 5.41) is 7.47. The fourth-order valence-corrected chi connectivity index (χ4v) is 3.71. The number of carbonyl (C=O) groups excluding carboxylic acids is 2. The molecule has 134 valence electrons. The van der Waals surface area contributed by atoms with E-state index >= 15 is 0 Å². The summed E-state index contributed by atoms with van der Waals surface area (Å²) in [5.41, 5.74) is 3.19. The van der Waals surface area contributed by atoms with E-state index in [0.717, 1.165) is 22.2 Å². The Bertz CT molecular complexity index is 802. The Morgan fingerprint density at radius 1 is 1.44 bits per heavy atom. The third-order valence-corrected chi connectivity index (χ3v) is 5.00. The maximum Gasteiger partial charge on any atom is 0.315 e. The Balaban J connectivity index is 1.54. The number of rotatable bonds is 5. The summed E-state index contributed by atoms with van der Waals surface area (Å²) in [6.45, 7) is 5.71. The van der Waals surface area contributed by atoms with Crippen molar-refractivity contribution in [2.24, 2.45) is 0 Å². The van der Waals surface area contributed by atoms with Crippen molar-refractivity contribution < 1.29 is 9.59 Å². The largest absolute Gasteiger partial charge is 0.358 e. The van der Waals surface area contributed by atoms with E-state index in [-0.39, 0.29) is 18.0 Å². The lowest BCUT2D eigenvalue weighted by molar-refractivity contribution is -0.127. The Labute approximate surface area is 151 Å². The number of hydrogen-bond donors (Lipinski definition) is 3. The molecule has 1 saturated heterocycles. The van der Waals surface area contributed by atoms with Gasteiger partial charge in [-0.15, -0.1) is 0 Å². The summed E-state index contributed by atoms with van der Waals surface area (Å²) in [7, 11) is 0. The van der Waals surface area contributed by atoms with Crippen LogP contribution in [-0.2, 0) is 11.2 Å². The van der Waals surface area contributed by atoms with Crippen molar-refractivity contribution in [1.82, 2.24) is 20.5 Å².